The normalized spacial score (nSPS) is 12.5. The van der Waals surface area contributed by atoms with Gasteiger partial charge in [-0.3, -0.25) is 0 Å². The molecule has 0 saturated carbocycles. The van der Waals surface area contributed by atoms with Crippen LogP contribution in [0.1, 0.15) is 26.7 Å². The molecule has 1 rings (SSSR count). The van der Waals surface area contributed by atoms with Crippen molar-refractivity contribution in [3.05, 3.63) is 24.3 Å². The minimum Gasteiger partial charge on any atom is -0.383 e. The average Bonchev–Trinajstić information content (AvgIpc) is 2.18. The Balaban J connectivity index is 2.57. The molecule has 0 saturated heterocycles. The van der Waals surface area contributed by atoms with E-state index in [1.54, 1.807) is 11.8 Å². The first-order valence-electron chi connectivity index (χ1n) is 5.17. The molecule has 2 heteroatoms. The number of hydrogen-bond acceptors (Lipinski definition) is 2. The molecule has 0 aliphatic rings. The van der Waals surface area contributed by atoms with E-state index in [0.717, 1.165) is 0 Å². The van der Waals surface area contributed by atoms with Crippen molar-refractivity contribution in [3.8, 4) is 0 Å². The lowest BCUT2D eigenvalue weighted by Gasteiger charge is -2.14. The first-order valence-corrected chi connectivity index (χ1v) is 6.39. The molecule has 0 aliphatic carbocycles. The van der Waals surface area contributed by atoms with Gasteiger partial charge in [0, 0.05) is 16.6 Å². The van der Waals surface area contributed by atoms with E-state index in [9.17, 15) is 0 Å². The molecule has 1 aromatic rings. The molecule has 78 valence electrons. The zero-order valence-electron chi connectivity index (χ0n) is 9.21. The van der Waals surface area contributed by atoms with E-state index in [0.29, 0.717) is 6.04 Å². The van der Waals surface area contributed by atoms with Crippen LogP contribution in [0.2, 0.25) is 0 Å². The average molecular weight is 209 g/mol. The predicted octanol–water partition coefficient (Wildman–Crippen LogP) is 4.01. The summed E-state index contributed by atoms with van der Waals surface area (Å²) in [6.07, 6.45) is 4.56. The molecule has 0 bridgehead atoms. The summed E-state index contributed by atoms with van der Waals surface area (Å²) in [6, 6.07) is 9.15. The van der Waals surface area contributed by atoms with Crippen LogP contribution in [0.3, 0.4) is 0 Å². The second kappa shape index (κ2) is 5.97. The first kappa shape index (κ1) is 11.4. The number of benzene rings is 1. The lowest BCUT2D eigenvalue weighted by molar-refractivity contribution is 0.690. The van der Waals surface area contributed by atoms with Crippen LogP contribution in [-0.2, 0) is 0 Å². The Hall–Kier alpha value is -0.630. The quantitative estimate of drug-likeness (QED) is 0.735. The fourth-order valence-corrected chi connectivity index (χ4v) is 1.96. The third kappa shape index (κ3) is 3.62. The van der Waals surface area contributed by atoms with E-state index < -0.39 is 0 Å². The predicted molar refractivity (Wildman–Crippen MR) is 66.2 cm³/mol. The Labute approximate surface area is 91.3 Å². The summed E-state index contributed by atoms with van der Waals surface area (Å²) in [5.74, 6) is 0. The fourth-order valence-electron chi connectivity index (χ4n) is 1.50. The van der Waals surface area contributed by atoms with Crippen molar-refractivity contribution in [2.24, 2.45) is 0 Å². The van der Waals surface area contributed by atoms with Gasteiger partial charge in [0.1, 0.15) is 0 Å². The first-order chi connectivity index (χ1) is 6.76. The summed E-state index contributed by atoms with van der Waals surface area (Å²) in [5.41, 5.74) is 1.23. The van der Waals surface area contributed by atoms with E-state index in [1.165, 1.54) is 23.4 Å². The van der Waals surface area contributed by atoms with Crippen LogP contribution < -0.4 is 5.32 Å². The van der Waals surface area contributed by atoms with Crippen molar-refractivity contribution in [3.63, 3.8) is 0 Å². The standard InChI is InChI=1S/C12H19NS/c1-4-6-10(2)13-11-7-5-8-12(9-11)14-3/h5,7-10,13H,4,6H2,1-3H3/t10-/m0/s1. The van der Waals surface area contributed by atoms with E-state index >= 15 is 0 Å². The summed E-state index contributed by atoms with van der Waals surface area (Å²) in [4.78, 5) is 1.32. The molecular formula is C12H19NS. The third-order valence-electron chi connectivity index (χ3n) is 2.20. The lowest BCUT2D eigenvalue weighted by atomic mass is 10.2. The Morgan fingerprint density at radius 1 is 1.43 bits per heavy atom. The highest BCUT2D eigenvalue weighted by molar-refractivity contribution is 7.98. The van der Waals surface area contributed by atoms with E-state index in [2.05, 4.69) is 49.7 Å². The lowest BCUT2D eigenvalue weighted by Crippen LogP contribution is -2.14. The van der Waals surface area contributed by atoms with Crippen molar-refractivity contribution < 1.29 is 0 Å². The number of thioether (sulfide) groups is 1. The molecule has 0 aromatic heterocycles. The van der Waals surface area contributed by atoms with Crippen molar-refractivity contribution in [1.82, 2.24) is 0 Å². The summed E-state index contributed by atoms with van der Waals surface area (Å²) in [6.45, 7) is 4.45. The molecule has 0 radical (unpaired) electrons. The Kier molecular flexibility index (Phi) is 4.88. The molecule has 1 N–H and O–H groups in total. The minimum absolute atomic E-state index is 0.567. The molecule has 1 atom stereocenters. The maximum atomic E-state index is 3.50. The number of rotatable bonds is 5. The zero-order chi connectivity index (χ0) is 10.4. The van der Waals surface area contributed by atoms with Gasteiger partial charge in [-0.2, -0.15) is 0 Å². The Morgan fingerprint density at radius 2 is 2.21 bits per heavy atom. The van der Waals surface area contributed by atoms with E-state index in [-0.39, 0.29) is 0 Å². The molecule has 0 amide bonds. The van der Waals surface area contributed by atoms with Crippen molar-refractivity contribution in [1.29, 1.82) is 0 Å². The van der Waals surface area contributed by atoms with Crippen LogP contribution >= 0.6 is 11.8 Å². The van der Waals surface area contributed by atoms with Gasteiger partial charge in [-0.05, 0) is 37.8 Å². The van der Waals surface area contributed by atoms with E-state index in [4.69, 9.17) is 0 Å². The van der Waals surface area contributed by atoms with Gasteiger partial charge in [-0.25, -0.2) is 0 Å². The molecule has 0 heterocycles. The highest BCUT2D eigenvalue weighted by Gasteiger charge is 2.00. The van der Waals surface area contributed by atoms with Gasteiger partial charge in [0.15, 0.2) is 0 Å². The summed E-state index contributed by atoms with van der Waals surface area (Å²) in [5, 5.41) is 3.50. The Bertz CT molecular complexity index is 273. The van der Waals surface area contributed by atoms with Gasteiger partial charge in [-0.1, -0.05) is 19.4 Å². The van der Waals surface area contributed by atoms with Crippen LogP contribution in [0, 0.1) is 0 Å². The van der Waals surface area contributed by atoms with Crippen LogP contribution in [0.5, 0.6) is 0 Å². The molecule has 0 fully saturated rings. The maximum Gasteiger partial charge on any atom is 0.0353 e. The highest BCUT2D eigenvalue weighted by atomic mass is 32.2. The van der Waals surface area contributed by atoms with E-state index in [1.807, 2.05) is 0 Å². The van der Waals surface area contributed by atoms with Gasteiger partial charge < -0.3 is 5.32 Å². The molecule has 1 aromatic carbocycles. The topological polar surface area (TPSA) is 12.0 Å². The molecule has 1 nitrogen and oxygen atoms in total. The summed E-state index contributed by atoms with van der Waals surface area (Å²) < 4.78 is 0. The van der Waals surface area contributed by atoms with Gasteiger partial charge >= 0.3 is 0 Å². The number of nitrogens with one attached hydrogen (secondary N) is 1. The summed E-state index contributed by atoms with van der Waals surface area (Å²) in [7, 11) is 0. The molecule has 0 spiro atoms. The zero-order valence-corrected chi connectivity index (χ0v) is 10.0. The smallest absolute Gasteiger partial charge is 0.0353 e. The van der Waals surface area contributed by atoms with Gasteiger partial charge in [0.2, 0.25) is 0 Å². The molecule has 0 unspecified atom stereocenters. The third-order valence-corrected chi connectivity index (χ3v) is 2.93. The van der Waals surface area contributed by atoms with Gasteiger partial charge in [0.25, 0.3) is 0 Å². The van der Waals surface area contributed by atoms with Crippen molar-refractivity contribution in [2.75, 3.05) is 11.6 Å². The second-order valence-electron chi connectivity index (χ2n) is 3.57. The van der Waals surface area contributed by atoms with Gasteiger partial charge in [0.05, 0.1) is 0 Å². The van der Waals surface area contributed by atoms with Crippen LogP contribution in [0.25, 0.3) is 0 Å². The van der Waals surface area contributed by atoms with Crippen LogP contribution in [0.15, 0.2) is 29.2 Å². The minimum atomic E-state index is 0.567. The van der Waals surface area contributed by atoms with Gasteiger partial charge in [-0.15, -0.1) is 11.8 Å². The number of hydrogen-bond donors (Lipinski definition) is 1. The second-order valence-corrected chi connectivity index (χ2v) is 4.45. The van der Waals surface area contributed by atoms with Crippen molar-refractivity contribution >= 4 is 17.4 Å². The summed E-state index contributed by atoms with van der Waals surface area (Å²) >= 11 is 1.78. The number of anilines is 1. The molecule has 14 heavy (non-hydrogen) atoms. The Morgan fingerprint density at radius 3 is 2.86 bits per heavy atom. The maximum absolute atomic E-state index is 3.50. The largest absolute Gasteiger partial charge is 0.383 e. The molecular weight excluding hydrogens is 190 g/mol. The van der Waals surface area contributed by atoms with Crippen LogP contribution in [-0.4, -0.2) is 12.3 Å². The van der Waals surface area contributed by atoms with Crippen molar-refractivity contribution in [2.45, 2.75) is 37.6 Å². The fraction of sp³-hybridized carbons (Fsp3) is 0.500. The SMILES string of the molecule is CCC[C@H](C)Nc1cccc(SC)c1. The monoisotopic (exact) mass is 209 g/mol. The van der Waals surface area contributed by atoms with Crippen LogP contribution in [0.4, 0.5) is 5.69 Å². The highest BCUT2D eigenvalue weighted by Crippen LogP contribution is 2.19. The molecule has 0 aliphatic heterocycles.